The number of halogens is 5. The van der Waals surface area contributed by atoms with Crippen molar-refractivity contribution >= 4 is 5.78 Å². The van der Waals surface area contributed by atoms with E-state index in [4.69, 9.17) is 0 Å². The summed E-state index contributed by atoms with van der Waals surface area (Å²) in [5.74, 6) is -2.89. The predicted octanol–water partition coefficient (Wildman–Crippen LogP) is 2.73. The summed E-state index contributed by atoms with van der Waals surface area (Å²) in [6.07, 6.45) is -4.55. The summed E-state index contributed by atoms with van der Waals surface area (Å²) >= 11 is 0. The van der Waals surface area contributed by atoms with Gasteiger partial charge in [0, 0.05) is 11.6 Å². The average Bonchev–Trinajstić information content (AvgIpc) is 2.13. The molecule has 0 saturated heterocycles. The Bertz CT molecular complexity index is 393. The number of ketones is 1. The fourth-order valence-corrected chi connectivity index (χ4v) is 1.06. The highest BCUT2D eigenvalue weighted by Gasteiger charge is 2.27. The molecule has 0 aliphatic heterocycles. The number of benzene rings is 1. The van der Waals surface area contributed by atoms with Crippen molar-refractivity contribution in [1.29, 1.82) is 0 Å². The van der Waals surface area contributed by atoms with Crippen LogP contribution < -0.4 is 0 Å². The van der Waals surface area contributed by atoms with E-state index in [2.05, 4.69) is 4.74 Å². The van der Waals surface area contributed by atoms with Crippen molar-refractivity contribution in [2.24, 2.45) is 0 Å². The number of Topliss-reactive ketones (excluding diaryl/α,β-unsaturated/α-hetero) is 1. The summed E-state index contributed by atoms with van der Waals surface area (Å²) in [5.41, 5.74) is -0.371. The van der Waals surface area contributed by atoms with Crippen LogP contribution in [0.2, 0.25) is 0 Å². The molecule has 0 heterocycles. The standard InChI is InChI=1S/C10H7F5O2/c11-7-1-6(2-8(12)3-7)9(16)4-17-5-10(13,14)15/h1-3H,4-5H2. The second-order valence-corrected chi connectivity index (χ2v) is 3.19. The van der Waals surface area contributed by atoms with Gasteiger partial charge in [0.15, 0.2) is 5.78 Å². The first-order valence-corrected chi connectivity index (χ1v) is 4.42. The molecule has 0 bridgehead atoms. The first kappa shape index (κ1) is 13.6. The maximum absolute atomic E-state index is 12.7. The highest BCUT2D eigenvalue weighted by molar-refractivity contribution is 5.97. The van der Waals surface area contributed by atoms with Gasteiger partial charge in [0.25, 0.3) is 0 Å². The number of rotatable bonds is 4. The van der Waals surface area contributed by atoms with Gasteiger partial charge in [-0.3, -0.25) is 4.79 Å². The van der Waals surface area contributed by atoms with Gasteiger partial charge in [-0.05, 0) is 12.1 Å². The van der Waals surface area contributed by atoms with Crippen LogP contribution in [0.1, 0.15) is 10.4 Å². The Morgan fingerprint density at radius 3 is 2.12 bits per heavy atom. The molecule has 7 heteroatoms. The van der Waals surface area contributed by atoms with Crippen LogP contribution in [0.15, 0.2) is 18.2 Å². The van der Waals surface area contributed by atoms with Gasteiger partial charge in [0.1, 0.15) is 24.8 Å². The van der Waals surface area contributed by atoms with Gasteiger partial charge in [0.2, 0.25) is 0 Å². The molecule has 17 heavy (non-hydrogen) atoms. The van der Waals surface area contributed by atoms with E-state index in [9.17, 15) is 26.7 Å². The minimum atomic E-state index is -4.55. The van der Waals surface area contributed by atoms with Crippen LogP contribution in [-0.2, 0) is 4.74 Å². The van der Waals surface area contributed by atoms with E-state index in [1.54, 1.807) is 0 Å². The molecule has 94 valence electrons. The molecule has 1 aromatic rings. The SMILES string of the molecule is O=C(COCC(F)(F)F)c1cc(F)cc(F)c1. The van der Waals surface area contributed by atoms with Crippen LogP contribution in [0.25, 0.3) is 0 Å². The Balaban J connectivity index is 2.58. The topological polar surface area (TPSA) is 26.3 Å². The average molecular weight is 254 g/mol. The highest BCUT2D eigenvalue weighted by atomic mass is 19.4. The van der Waals surface area contributed by atoms with Crippen molar-refractivity contribution in [3.8, 4) is 0 Å². The van der Waals surface area contributed by atoms with Crippen molar-refractivity contribution in [2.45, 2.75) is 6.18 Å². The maximum atomic E-state index is 12.7. The van der Waals surface area contributed by atoms with Gasteiger partial charge < -0.3 is 4.74 Å². The fraction of sp³-hybridized carbons (Fsp3) is 0.300. The van der Waals surface area contributed by atoms with Crippen molar-refractivity contribution in [2.75, 3.05) is 13.2 Å². The summed E-state index contributed by atoms with van der Waals surface area (Å²) in [6, 6.07) is 2.00. The lowest BCUT2D eigenvalue weighted by molar-refractivity contribution is -0.170. The molecule has 2 nitrogen and oxygen atoms in total. The fourth-order valence-electron chi connectivity index (χ4n) is 1.06. The van der Waals surface area contributed by atoms with Crippen LogP contribution in [0.5, 0.6) is 0 Å². The van der Waals surface area contributed by atoms with Gasteiger partial charge in [-0.2, -0.15) is 13.2 Å². The Hall–Kier alpha value is -1.50. The molecule has 0 aromatic heterocycles. The van der Waals surface area contributed by atoms with Gasteiger partial charge in [-0.1, -0.05) is 0 Å². The smallest absolute Gasteiger partial charge is 0.364 e. The minimum absolute atomic E-state index is 0.371. The second kappa shape index (κ2) is 5.22. The molecule has 0 aliphatic rings. The Labute approximate surface area is 93.0 Å². The van der Waals surface area contributed by atoms with Crippen molar-refractivity contribution in [3.05, 3.63) is 35.4 Å². The highest BCUT2D eigenvalue weighted by Crippen LogP contribution is 2.15. The molecule has 0 aliphatic carbocycles. The maximum Gasteiger partial charge on any atom is 0.411 e. The Morgan fingerprint density at radius 2 is 1.65 bits per heavy atom. The zero-order valence-electron chi connectivity index (χ0n) is 8.35. The lowest BCUT2D eigenvalue weighted by Gasteiger charge is -2.07. The molecule has 0 N–H and O–H groups in total. The van der Waals surface area contributed by atoms with Crippen LogP contribution in [-0.4, -0.2) is 25.2 Å². The van der Waals surface area contributed by atoms with Crippen molar-refractivity contribution in [1.82, 2.24) is 0 Å². The molecule has 0 atom stereocenters. The predicted molar refractivity (Wildman–Crippen MR) is 47.6 cm³/mol. The van der Waals surface area contributed by atoms with E-state index in [0.717, 1.165) is 12.1 Å². The zero-order valence-corrected chi connectivity index (χ0v) is 8.35. The number of ether oxygens (including phenoxy) is 1. The normalized spacial score (nSPS) is 11.6. The molecule has 0 amide bonds. The van der Waals surface area contributed by atoms with E-state index in [1.165, 1.54) is 0 Å². The largest absolute Gasteiger partial charge is 0.411 e. The van der Waals surface area contributed by atoms with Gasteiger partial charge in [0.05, 0.1) is 0 Å². The monoisotopic (exact) mass is 254 g/mol. The molecular weight excluding hydrogens is 247 g/mol. The third-order valence-electron chi connectivity index (χ3n) is 1.68. The number of hydrogen-bond acceptors (Lipinski definition) is 2. The van der Waals surface area contributed by atoms with Gasteiger partial charge in [-0.15, -0.1) is 0 Å². The third-order valence-corrected chi connectivity index (χ3v) is 1.68. The summed E-state index contributed by atoms with van der Waals surface area (Å²) in [6.45, 7) is -2.47. The minimum Gasteiger partial charge on any atom is -0.364 e. The van der Waals surface area contributed by atoms with Crippen molar-refractivity contribution in [3.63, 3.8) is 0 Å². The summed E-state index contributed by atoms with van der Waals surface area (Å²) < 4.78 is 64.5. The first-order valence-electron chi connectivity index (χ1n) is 4.42. The summed E-state index contributed by atoms with van der Waals surface area (Å²) in [5, 5.41) is 0. The molecule has 0 spiro atoms. The lowest BCUT2D eigenvalue weighted by Crippen LogP contribution is -2.20. The zero-order chi connectivity index (χ0) is 13.1. The van der Waals surface area contributed by atoms with E-state index in [1.807, 2.05) is 0 Å². The van der Waals surface area contributed by atoms with Crippen LogP contribution in [0.4, 0.5) is 22.0 Å². The quantitative estimate of drug-likeness (QED) is 0.610. The van der Waals surface area contributed by atoms with Gasteiger partial charge >= 0.3 is 6.18 Å². The van der Waals surface area contributed by atoms with Crippen LogP contribution in [0.3, 0.4) is 0 Å². The molecule has 0 fully saturated rings. The summed E-state index contributed by atoms with van der Waals surface area (Å²) in [7, 11) is 0. The van der Waals surface area contributed by atoms with Crippen LogP contribution >= 0.6 is 0 Å². The number of alkyl halides is 3. The van der Waals surface area contributed by atoms with Crippen molar-refractivity contribution < 1.29 is 31.5 Å². The molecule has 0 radical (unpaired) electrons. The lowest BCUT2D eigenvalue weighted by atomic mass is 10.1. The number of carbonyl (C=O) groups is 1. The molecule has 1 rings (SSSR count). The second-order valence-electron chi connectivity index (χ2n) is 3.19. The molecule has 1 aromatic carbocycles. The Morgan fingerprint density at radius 1 is 1.12 bits per heavy atom. The Kier molecular flexibility index (Phi) is 4.17. The summed E-state index contributed by atoms with van der Waals surface area (Å²) in [4.78, 5) is 11.2. The van der Waals surface area contributed by atoms with Gasteiger partial charge in [-0.25, -0.2) is 8.78 Å². The molecular formula is C10H7F5O2. The first-order chi connectivity index (χ1) is 7.78. The number of carbonyl (C=O) groups excluding carboxylic acids is 1. The van der Waals surface area contributed by atoms with E-state index < -0.39 is 36.8 Å². The van der Waals surface area contributed by atoms with E-state index in [0.29, 0.717) is 6.07 Å². The van der Waals surface area contributed by atoms with E-state index in [-0.39, 0.29) is 5.56 Å². The van der Waals surface area contributed by atoms with E-state index >= 15 is 0 Å². The molecule has 0 unspecified atom stereocenters. The molecule has 0 saturated carbocycles. The third kappa shape index (κ3) is 4.90. The number of hydrogen-bond donors (Lipinski definition) is 0. The van der Waals surface area contributed by atoms with Crippen LogP contribution in [0, 0.1) is 11.6 Å².